The number of fused-ring (bicyclic) bond motifs is 1. The molecule has 2 aromatic rings. The van der Waals surface area contributed by atoms with Gasteiger partial charge < -0.3 is 14.8 Å². The van der Waals surface area contributed by atoms with Gasteiger partial charge in [0.1, 0.15) is 5.75 Å². The van der Waals surface area contributed by atoms with Crippen LogP contribution in [0.5, 0.6) is 11.5 Å². The van der Waals surface area contributed by atoms with Crippen LogP contribution in [-0.2, 0) is 9.59 Å². The summed E-state index contributed by atoms with van der Waals surface area (Å²) in [5.74, 6) is 0.252. The molecule has 2 heterocycles. The minimum Gasteiger partial charge on any atom is -0.495 e. The third-order valence-corrected chi connectivity index (χ3v) is 4.22. The molecule has 1 aliphatic heterocycles. The zero-order valence-corrected chi connectivity index (χ0v) is 15.1. The van der Waals surface area contributed by atoms with Crippen LogP contribution in [0.25, 0.3) is 0 Å². The Morgan fingerprint density at radius 3 is 2.69 bits per heavy atom. The quantitative estimate of drug-likeness (QED) is 0.853. The maximum Gasteiger partial charge on any atom is 0.282 e. The Bertz CT molecular complexity index is 852. The van der Waals surface area contributed by atoms with Crippen LogP contribution in [0.2, 0.25) is 0 Å². The van der Waals surface area contributed by atoms with Gasteiger partial charge in [-0.15, -0.1) is 0 Å². The Balaban J connectivity index is 1.98. The van der Waals surface area contributed by atoms with Gasteiger partial charge in [0.05, 0.1) is 12.8 Å². The van der Waals surface area contributed by atoms with Gasteiger partial charge in [-0.2, -0.15) is 0 Å². The molecule has 2 amide bonds. The molecule has 1 N–H and O–H groups in total. The van der Waals surface area contributed by atoms with Crippen molar-refractivity contribution < 1.29 is 19.1 Å². The monoisotopic (exact) mass is 355 g/mol. The summed E-state index contributed by atoms with van der Waals surface area (Å²) in [6, 6.07) is 10.2. The largest absolute Gasteiger partial charge is 0.495 e. The molecule has 1 aromatic heterocycles. The molecule has 1 aromatic carbocycles. The minimum atomic E-state index is -1.72. The molecule has 0 spiro atoms. The second-order valence-electron chi connectivity index (χ2n) is 6.38. The van der Waals surface area contributed by atoms with E-state index in [1.54, 1.807) is 42.6 Å². The Morgan fingerprint density at radius 2 is 2.00 bits per heavy atom. The van der Waals surface area contributed by atoms with Gasteiger partial charge >= 0.3 is 0 Å². The van der Waals surface area contributed by atoms with Gasteiger partial charge in [-0.05, 0) is 45.0 Å². The van der Waals surface area contributed by atoms with E-state index < -0.39 is 17.4 Å². The van der Waals surface area contributed by atoms with Crippen molar-refractivity contribution in [3.05, 3.63) is 42.6 Å². The van der Waals surface area contributed by atoms with E-state index >= 15 is 0 Å². The highest BCUT2D eigenvalue weighted by atomic mass is 16.5. The van der Waals surface area contributed by atoms with Crippen molar-refractivity contribution in [1.82, 2.24) is 4.98 Å². The highest BCUT2D eigenvalue weighted by molar-refractivity contribution is 6.19. The molecule has 26 heavy (non-hydrogen) atoms. The van der Waals surface area contributed by atoms with E-state index in [1.165, 1.54) is 18.9 Å². The molecule has 1 aliphatic rings. The number of methoxy groups -OCH3 is 1. The number of pyridine rings is 1. The number of hydrogen-bond acceptors (Lipinski definition) is 5. The highest BCUT2D eigenvalue weighted by Crippen LogP contribution is 2.38. The summed E-state index contributed by atoms with van der Waals surface area (Å²) >= 11 is 0. The Hall–Kier alpha value is -3.09. The van der Waals surface area contributed by atoms with Crippen molar-refractivity contribution in [2.24, 2.45) is 0 Å². The van der Waals surface area contributed by atoms with Gasteiger partial charge in [0.25, 0.3) is 17.4 Å². The molecule has 0 fully saturated rings. The summed E-state index contributed by atoms with van der Waals surface area (Å²) in [4.78, 5) is 31.8. The molecular weight excluding hydrogens is 334 g/mol. The van der Waals surface area contributed by atoms with Crippen LogP contribution in [0.4, 0.5) is 11.5 Å². The van der Waals surface area contributed by atoms with Gasteiger partial charge in [0.2, 0.25) is 0 Å². The van der Waals surface area contributed by atoms with Gasteiger partial charge in [-0.1, -0.05) is 12.1 Å². The van der Waals surface area contributed by atoms with Gasteiger partial charge in [0.15, 0.2) is 11.6 Å². The minimum absolute atomic E-state index is 0.182. The first-order chi connectivity index (χ1) is 12.4. The zero-order valence-electron chi connectivity index (χ0n) is 15.1. The fourth-order valence-corrected chi connectivity index (χ4v) is 2.84. The summed E-state index contributed by atoms with van der Waals surface area (Å²) < 4.78 is 11.1. The number of carbonyl (C=O) groups excluding carboxylic acids is 2. The summed E-state index contributed by atoms with van der Waals surface area (Å²) in [7, 11) is 1.51. The second kappa shape index (κ2) is 6.67. The van der Waals surface area contributed by atoms with Gasteiger partial charge in [-0.25, -0.2) is 4.98 Å². The number of anilines is 2. The SMILES string of the molecule is COc1ccccc1NC(=O)C1(C)Oc2cccnc2N(C(C)C)C1=O. The van der Waals surface area contributed by atoms with Gasteiger partial charge in [0, 0.05) is 12.2 Å². The summed E-state index contributed by atoms with van der Waals surface area (Å²) in [5, 5.41) is 2.74. The van der Waals surface area contributed by atoms with E-state index in [0.29, 0.717) is 23.0 Å². The molecule has 0 bridgehead atoms. The van der Waals surface area contributed by atoms with E-state index in [0.717, 1.165) is 0 Å². The predicted molar refractivity (Wildman–Crippen MR) is 97.5 cm³/mol. The summed E-state index contributed by atoms with van der Waals surface area (Å²) in [6.45, 7) is 5.19. The van der Waals surface area contributed by atoms with Crippen molar-refractivity contribution in [3.8, 4) is 11.5 Å². The molecule has 1 unspecified atom stereocenters. The Kier molecular flexibility index (Phi) is 4.54. The maximum absolute atomic E-state index is 13.1. The number of benzene rings is 1. The number of hydrogen-bond donors (Lipinski definition) is 1. The normalized spacial score (nSPS) is 19.0. The Morgan fingerprint density at radius 1 is 1.27 bits per heavy atom. The molecule has 136 valence electrons. The van der Waals surface area contributed by atoms with Crippen molar-refractivity contribution >= 4 is 23.3 Å². The first kappa shape index (κ1) is 17.7. The lowest BCUT2D eigenvalue weighted by molar-refractivity contribution is -0.145. The number of aromatic nitrogens is 1. The van der Waals surface area contributed by atoms with Crippen LogP contribution in [0.1, 0.15) is 20.8 Å². The first-order valence-electron chi connectivity index (χ1n) is 8.30. The molecule has 0 saturated carbocycles. The van der Waals surface area contributed by atoms with Crippen LogP contribution in [0.3, 0.4) is 0 Å². The number of ether oxygens (including phenoxy) is 2. The van der Waals surface area contributed by atoms with Crippen LogP contribution in [0.15, 0.2) is 42.6 Å². The lowest BCUT2D eigenvalue weighted by atomic mass is 9.99. The Labute approximate surface area is 151 Å². The molecule has 0 aliphatic carbocycles. The third kappa shape index (κ3) is 2.85. The number of nitrogens with one attached hydrogen (secondary N) is 1. The maximum atomic E-state index is 13.1. The highest BCUT2D eigenvalue weighted by Gasteiger charge is 2.52. The average molecular weight is 355 g/mol. The van der Waals surface area contributed by atoms with Crippen LogP contribution >= 0.6 is 0 Å². The van der Waals surface area contributed by atoms with E-state index in [1.807, 2.05) is 13.8 Å². The molecule has 7 nitrogen and oxygen atoms in total. The fraction of sp³-hybridized carbons (Fsp3) is 0.316. The lowest BCUT2D eigenvalue weighted by Crippen LogP contribution is -2.62. The van der Waals surface area contributed by atoms with Crippen molar-refractivity contribution in [2.45, 2.75) is 32.4 Å². The lowest BCUT2D eigenvalue weighted by Gasteiger charge is -2.40. The number of para-hydroxylation sites is 2. The van der Waals surface area contributed by atoms with Crippen LogP contribution in [0, 0.1) is 0 Å². The first-order valence-corrected chi connectivity index (χ1v) is 8.30. The zero-order chi connectivity index (χ0) is 18.9. The molecular formula is C19H21N3O4. The molecule has 7 heteroatoms. The third-order valence-electron chi connectivity index (χ3n) is 4.22. The van der Waals surface area contributed by atoms with E-state index in [4.69, 9.17) is 9.47 Å². The topological polar surface area (TPSA) is 80.8 Å². The smallest absolute Gasteiger partial charge is 0.282 e. The molecule has 3 rings (SSSR count). The van der Waals surface area contributed by atoms with Gasteiger partial charge in [-0.3, -0.25) is 14.5 Å². The number of rotatable bonds is 4. The molecule has 0 radical (unpaired) electrons. The van der Waals surface area contributed by atoms with E-state index in [9.17, 15) is 9.59 Å². The van der Waals surface area contributed by atoms with Crippen molar-refractivity contribution in [3.63, 3.8) is 0 Å². The molecule has 1 atom stereocenters. The van der Waals surface area contributed by atoms with Crippen LogP contribution in [-0.4, -0.2) is 35.6 Å². The van der Waals surface area contributed by atoms with E-state index in [2.05, 4.69) is 10.3 Å². The average Bonchev–Trinajstić information content (AvgIpc) is 2.62. The van der Waals surface area contributed by atoms with E-state index in [-0.39, 0.29) is 6.04 Å². The number of carbonyl (C=O) groups is 2. The summed E-state index contributed by atoms with van der Waals surface area (Å²) in [6.07, 6.45) is 1.59. The van der Waals surface area contributed by atoms with Crippen molar-refractivity contribution in [1.29, 1.82) is 0 Å². The standard InChI is InChI=1S/C19H21N3O4/c1-12(2)22-16-15(10-7-11-20-16)26-19(3,18(22)24)17(23)21-13-8-5-6-9-14(13)25-4/h5-12H,1-4H3,(H,21,23). The predicted octanol–water partition coefficient (Wildman–Crippen LogP) is 2.62. The summed E-state index contributed by atoms with van der Waals surface area (Å²) in [5.41, 5.74) is -1.26. The molecule has 0 saturated heterocycles. The van der Waals surface area contributed by atoms with Crippen molar-refractivity contribution in [2.75, 3.05) is 17.3 Å². The number of nitrogens with zero attached hydrogens (tertiary/aromatic N) is 2. The number of amides is 2. The fourth-order valence-electron chi connectivity index (χ4n) is 2.84. The second-order valence-corrected chi connectivity index (χ2v) is 6.38. The van der Waals surface area contributed by atoms with Crippen LogP contribution < -0.4 is 19.7 Å².